The van der Waals surface area contributed by atoms with Crippen molar-refractivity contribution >= 4 is 46.5 Å². The quantitative estimate of drug-likeness (QED) is 0.869. The second-order valence-corrected chi connectivity index (χ2v) is 4.93. The van der Waals surface area contributed by atoms with E-state index in [0.717, 1.165) is 0 Å². The summed E-state index contributed by atoms with van der Waals surface area (Å²) in [6, 6.07) is 1.49. The predicted molar refractivity (Wildman–Crippen MR) is 70.9 cm³/mol. The van der Waals surface area contributed by atoms with Crippen molar-refractivity contribution in [2.45, 2.75) is 19.9 Å². The number of amides is 1. The molecule has 1 aromatic rings. The highest BCUT2D eigenvalue weighted by atomic mass is 35.5. The highest BCUT2D eigenvalue weighted by Gasteiger charge is 2.19. The summed E-state index contributed by atoms with van der Waals surface area (Å²) in [4.78, 5) is 16.7. The van der Waals surface area contributed by atoms with Crippen molar-refractivity contribution in [2.24, 2.45) is 5.73 Å². The number of halogens is 3. The van der Waals surface area contributed by atoms with Gasteiger partial charge in [0.15, 0.2) is 0 Å². The van der Waals surface area contributed by atoms with Crippen molar-refractivity contribution in [2.75, 3.05) is 11.4 Å². The number of nitrogens with two attached hydrogens (primary N) is 1. The van der Waals surface area contributed by atoms with E-state index >= 15 is 0 Å². The Morgan fingerprint density at radius 2 is 2.00 bits per heavy atom. The fourth-order valence-electron chi connectivity index (χ4n) is 1.31. The molecule has 1 heterocycles. The van der Waals surface area contributed by atoms with E-state index in [-0.39, 0.29) is 22.8 Å². The number of carbonyl (C=O) groups is 1. The molecule has 0 aromatic carbocycles. The molecule has 0 aliphatic heterocycles. The van der Waals surface area contributed by atoms with Crippen molar-refractivity contribution in [3.05, 3.63) is 21.3 Å². The summed E-state index contributed by atoms with van der Waals surface area (Å²) in [6.07, 6.45) is 0. The Balaban J connectivity index is 3.18. The normalized spacial score (nSPS) is 10.7. The van der Waals surface area contributed by atoms with Crippen LogP contribution in [0.4, 0.5) is 5.82 Å². The lowest BCUT2D eigenvalue weighted by atomic mass is 10.3. The molecular weight excluding hydrogens is 284 g/mol. The van der Waals surface area contributed by atoms with Crippen molar-refractivity contribution in [1.82, 2.24) is 4.98 Å². The topological polar surface area (TPSA) is 59.2 Å². The first-order valence-electron chi connectivity index (χ1n) is 4.89. The smallest absolute Gasteiger partial charge is 0.237 e. The van der Waals surface area contributed by atoms with E-state index in [1.807, 2.05) is 13.8 Å². The molecule has 0 fully saturated rings. The highest BCUT2D eigenvalue weighted by molar-refractivity contribution is 6.43. The number of primary amides is 1. The third-order valence-electron chi connectivity index (χ3n) is 2.09. The number of carbonyl (C=O) groups excluding carboxylic acids is 1. The molecule has 4 nitrogen and oxygen atoms in total. The van der Waals surface area contributed by atoms with Crippen molar-refractivity contribution in [1.29, 1.82) is 0 Å². The number of hydrogen-bond acceptors (Lipinski definition) is 3. The second-order valence-electron chi connectivity index (χ2n) is 3.75. The minimum absolute atomic E-state index is 0.00439. The number of pyridine rings is 1. The minimum atomic E-state index is -0.470. The lowest BCUT2D eigenvalue weighted by Gasteiger charge is -2.27. The number of rotatable bonds is 4. The van der Waals surface area contributed by atoms with Gasteiger partial charge >= 0.3 is 0 Å². The Morgan fingerprint density at radius 1 is 1.41 bits per heavy atom. The number of anilines is 1. The monoisotopic (exact) mass is 295 g/mol. The molecule has 0 saturated heterocycles. The number of aromatic nitrogens is 1. The van der Waals surface area contributed by atoms with Gasteiger partial charge in [0.2, 0.25) is 5.91 Å². The van der Waals surface area contributed by atoms with Crippen LogP contribution in [0.1, 0.15) is 13.8 Å². The maximum atomic E-state index is 11.0. The average molecular weight is 297 g/mol. The standard InChI is InChI=1S/C10H12Cl3N3O/c1-5(2)16(4-8(14)17)10-7(12)3-6(11)9(13)15-10/h3,5H,4H2,1-2H3,(H2,14,17). The first-order chi connectivity index (χ1) is 7.82. The summed E-state index contributed by atoms with van der Waals surface area (Å²) in [6.45, 7) is 3.80. The number of hydrogen-bond donors (Lipinski definition) is 1. The molecule has 0 radical (unpaired) electrons. The molecule has 0 bridgehead atoms. The zero-order chi connectivity index (χ0) is 13.2. The molecule has 94 valence electrons. The average Bonchev–Trinajstić information content (AvgIpc) is 2.20. The van der Waals surface area contributed by atoms with E-state index in [1.165, 1.54) is 6.07 Å². The molecule has 7 heteroatoms. The Morgan fingerprint density at radius 3 is 2.47 bits per heavy atom. The van der Waals surface area contributed by atoms with E-state index in [1.54, 1.807) is 4.90 Å². The van der Waals surface area contributed by atoms with Gasteiger partial charge in [-0.2, -0.15) is 0 Å². The molecule has 0 aliphatic carbocycles. The van der Waals surface area contributed by atoms with Gasteiger partial charge in [-0.05, 0) is 19.9 Å². The summed E-state index contributed by atoms with van der Waals surface area (Å²) in [5, 5.41) is 0.735. The van der Waals surface area contributed by atoms with Crippen LogP contribution in [0.2, 0.25) is 15.2 Å². The number of nitrogens with zero attached hydrogens (tertiary/aromatic N) is 2. The van der Waals surface area contributed by atoms with Gasteiger partial charge in [0, 0.05) is 6.04 Å². The Bertz CT molecular complexity index is 437. The van der Waals surface area contributed by atoms with Gasteiger partial charge in [-0.15, -0.1) is 0 Å². The molecule has 17 heavy (non-hydrogen) atoms. The van der Waals surface area contributed by atoms with E-state index < -0.39 is 5.91 Å². The van der Waals surface area contributed by atoms with Crippen LogP contribution in [0.3, 0.4) is 0 Å². The lowest BCUT2D eigenvalue weighted by Crippen LogP contribution is -2.39. The van der Waals surface area contributed by atoms with Gasteiger partial charge in [-0.25, -0.2) is 4.98 Å². The Kier molecular flexibility index (Phi) is 4.86. The van der Waals surface area contributed by atoms with Gasteiger partial charge in [0.25, 0.3) is 0 Å². The highest BCUT2D eigenvalue weighted by Crippen LogP contribution is 2.31. The van der Waals surface area contributed by atoms with Gasteiger partial charge in [0.05, 0.1) is 16.6 Å². The zero-order valence-electron chi connectivity index (χ0n) is 9.38. The molecule has 1 amide bonds. The van der Waals surface area contributed by atoms with E-state index in [2.05, 4.69) is 4.98 Å². The van der Waals surface area contributed by atoms with E-state index in [4.69, 9.17) is 40.5 Å². The largest absolute Gasteiger partial charge is 0.368 e. The fraction of sp³-hybridized carbons (Fsp3) is 0.400. The molecule has 2 N–H and O–H groups in total. The third kappa shape index (κ3) is 3.63. The first kappa shape index (κ1) is 14.4. The minimum Gasteiger partial charge on any atom is -0.368 e. The molecule has 0 unspecified atom stereocenters. The van der Waals surface area contributed by atoms with Crippen LogP contribution in [0.25, 0.3) is 0 Å². The summed E-state index contributed by atoms with van der Waals surface area (Å²) in [7, 11) is 0. The SMILES string of the molecule is CC(C)N(CC(N)=O)c1nc(Cl)c(Cl)cc1Cl. The van der Waals surface area contributed by atoms with Crippen LogP contribution in [-0.2, 0) is 4.79 Å². The molecule has 1 aromatic heterocycles. The summed E-state index contributed by atoms with van der Waals surface area (Å²) < 4.78 is 0. The summed E-state index contributed by atoms with van der Waals surface area (Å²) in [5.41, 5.74) is 5.18. The van der Waals surface area contributed by atoms with Gasteiger partial charge in [-0.3, -0.25) is 4.79 Å². The van der Waals surface area contributed by atoms with Crippen LogP contribution in [-0.4, -0.2) is 23.5 Å². The van der Waals surface area contributed by atoms with Gasteiger partial charge in [-0.1, -0.05) is 34.8 Å². The molecule has 1 rings (SSSR count). The Hall–Kier alpha value is -0.710. The molecule has 0 spiro atoms. The summed E-state index contributed by atoms with van der Waals surface area (Å²) >= 11 is 17.6. The molecular formula is C10H12Cl3N3O. The lowest BCUT2D eigenvalue weighted by molar-refractivity contribution is -0.116. The van der Waals surface area contributed by atoms with Crippen molar-refractivity contribution in [3.63, 3.8) is 0 Å². The van der Waals surface area contributed by atoms with E-state index in [0.29, 0.717) is 10.8 Å². The van der Waals surface area contributed by atoms with Crippen LogP contribution in [0.5, 0.6) is 0 Å². The van der Waals surface area contributed by atoms with Gasteiger partial charge in [0.1, 0.15) is 11.0 Å². The second kappa shape index (κ2) is 5.76. The van der Waals surface area contributed by atoms with Crippen LogP contribution >= 0.6 is 34.8 Å². The Labute approximate surface area is 115 Å². The molecule has 0 atom stereocenters. The van der Waals surface area contributed by atoms with Crippen LogP contribution in [0, 0.1) is 0 Å². The predicted octanol–water partition coefficient (Wildman–Crippen LogP) is 2.74. The summed E-state index contributed by atoms with van der Waals surface area (Å²) in [5.74, 6) is -0.0718. The van der Waals surface area contributed by atoms with Crippen LogP contribution < -0.4 is 10.6 Å². The molecule has 0 aliphatic rings. The third-order valence-corrected chi connectivity index (χ3v) is 3.04. The maximum Gasteiger partial charge on any atom is 0.237 e. The van der Waals surface area contributed by atoms with Crippen LogP contribution in [0.15, 0.2) is 6.07 Å². The fourth-order valence-corrected chi connectivity index (χ4v) is 1.91. The van der Waals surface area contributed by atoms with Gasteiger partial charge < -0.3 is 10.6 Å². The van der Waals surface area contributed by atoms with Crippen molar-refractivity contribution in [3.8, 4) is 0 Å². The zero-order valence-corrected chi connectivity index (χ0v) is 11.6. The van der Waals surface area contributed by atoms with Crippen molar-refractivity contribution < 1.29 is 4.79 Å². The first-order valence-corrected chi connectivity index (χ1v) is 6.02. The van der Waals surface area contributed by atoms with E-state index in [9.17, 15) is 4.79 Å². The molecule has 0 saturated carbocycles. The maximum absolute atomic E-state index is 11.0.